The van der Waals surface area contributed by atoms with E-state index < -0.39 is 16.4 Å². The minimum Gasteiger partial charge on any atom is -0.467 e. The van der Waals surface area contributed by atoms with E-state index in [0.29, 0.717) is 24.8 Å². The van der Waals surface area contributed by atoms with Crippen LogP contribution in [0.1, 0.15) is 65.1 Å². The highest BCUT2D eigenvalue weighted by Gasteiger charge is 2.76. The van der Waals surface area contributed by atoms with E-state index in [1.807, 2.05) is 37.8 Å². The number of thiocarbonyl (C=S) groups is 1. The molecular weight excluding hydrogens is 450 g/mol. The Morgan fingerprint density at radius 2 is 1.68 bits per heavy atom. The number of nitrogens with one attached hydrogen (secondary N) is 1. The minimum atomic E-state index is -0.977. The second-order valence-electron chi connectivity index (χ2n) is 11.4. The van der Waals surface area contributed by atoms with Crippen LogP contribution in [-0.2, 0) is 20.9 Å². The zero-order valence-corrected chi connectivity index (χ0v) is 21.4. The Bertz CT molecular complexity index is 947. The van der Waals surface area contributed by atoms with E-state index in [1.54, 1.807) is 6.26 Å². The lowest BCUT2D eigenvalue weighted by Crippen LogP contribution is -2.56. The van der Waals surface area contributed by atoms with Crippen molar-refractivity contribution < 1.29 is 18.7 Å². The standard InChI is InChI=1S/C26H37N3O4S/c1-24(2)25(3)10-11-26(24,33-22(25)31)21(30)28-12-6-18(7-13-28)19-8-14-29(15-9-19)23(34)27-17-20-5-4-16-32-20/h4-5,16,18-19H,6-15,17H2,1-3H3,(H,27,34). The number of nitrogens with zero attached hydrogens (tertiary/aromatic N) is 2. The highest BCUT2D eigenvalue weighted by atomic mass is 32.1. The van der Waals surface area contributed by atoms with Crippen LogP contribution in [0.5, 0.6) is 0 Å². The maximum Gasteiger partial charge on any atom is 0.313 e. The van der Waals surface area contributed by atoms with Crippen LogP contribution >= 0.6 is 12.2 Å². The van der Waals surface area contributed by atoms with Gasteiger partial charge >= 0.3 is 5.97 Å². The van der Waals surface area contributed by atoms with Gasteiger partial charge in [0.2, 0.25) is 0 Å². The summed E-state index contributed by atoms with van der Waals surface area (Å²) >= 11 is 5.59. The number of rotatable bonds is 4. The predicted molar refractivity (Wildman–Crippen MR) is 132 cm³/mol. The van der Waals surface area contributed by atoms with E-state index in [2.05, 4.69) is 10.2 Å². The number of piperidine rings is 2. The summed E-state index contributed by atoms with van der Waals surface area (Å²) in [5.74, 6) is 2.04. The molecule has 8 heteroatoms. The second kappa shape index (κ2) is 8.54. The summed E-state index contributed by atoms with van der Waals surface area (Å²) in [6.45, 7) is 10.1. The summed E-state index contributed by atoms with van der Waals surface area (Å²) in [6.07, 6.45) is 7.38. The molecule has 0 radical (unpaired) electrons. The van der Waals surface area contributed by atoms with E-state index in [9.17, 15) is 9.59 Å². The van der Waals surface area contributed by atoms with Crippen LogP contribution in [0.15, 0.2) is 22.8 Å². The van der Waals surface area contributed by atoms with Gasteiger partial charge in [0.15, 0.2) is 10.7 Å². The molecular formula is C26H37N3O4S. The van der Waals surface area contributed by atoms with E-state index >= 15 is 0 Å². The van der Waals surface area contributed by atoms with Gasteiger partial charge in [-0.15, -0.1) is 0 Å². The lowest BCUT2D eigenvalue weighted by molar-refractivity contribution is -0.175. The molecule has 3 saturated heterocycles. The molecule has 4 aliphatic rings. The summed E-state index contributed by atoms with van der Waals surface area (Å²) in [7, 11) is 0. The van der Waals surface area contributed by atoms with Crippen molar-refractivity contribution in [2.75, 3.05) is 26.2 Å². The van der Waals surface area contributed by atoms with Gasteiger partial charge in [0.25, 0.3) is 5.91 Å². The first kappa shape index (κ1) is 23.6. The maximum atomic E-state index is 13.6. The monoisotopic (exact) mass is 487 g/mol. The number of carbonyl (C=O) groups excluding carboxylic acids is 2. The molecule has 1 saturated carbocycles. The van der Waals surface area contributed by atoms with Gasteiger partial charge in [0, 0.05) is 31.6 Å². The van der Waals surface area contributed by atoms with Crippen LogP contribution in [0.4, 0.5) is 0 Å². The number of ether oxygens (including phenoxy) is 1. The number of likely N-dealkylation sites (tertiary alicyclic amines) is 2. The van der Waals surface area contributed by atoms with Gasteiger partial charge in [0.1, 0.15) is 5.76 Å². The largest absolute Gasteiger partial charge is 0.467 e. The quantitative estimate of drug-likeness (QED) is 0.512. The molecule has 34 heavy (non-hydrogen) atoms. The third-order valence-corrected chi connectivity index (χ3v) is 10.1. The van der Waals surface area contributed by atoms with Crippen LogP contribution < -0.4 is 5.32 Å². The normalized spacial score (nSPS) is 31.6. The van der Waals surface area contributed by atoms with Crippen molar-refractivity contribution in [3.63, 3.8) is 0 Å². The average Bonchev–Trinajstić information content (AvgIpc) is 3.47. The highest BCUT2D eigenvalue weighted by Crippen LogP contribution is 2.66. The molecule has 5 rings (SSSR count). The molecule has 1 amide bonds. The molecule has 2 unspecified atom stereocenters. The Morgan fingerprint density at radius 1 is 1.06 bits per heavy atom. The molecule has 0 aromatic carbocycles. The number of carbonyl (C=O) groups is 2. The van der Waals surface area contributed by atoms with Gasteiger partial charge in [0.05, 0.1) is 18.2 Å². The molecule has 186 valence electrons. The zero-order chi connectivity index (χ0) is 24.1. The van der Waals surface area contributed by atoms with Gasteiger partial charge in [-0.25, -0.2) is 0 Å². The number of hydrogen-bond acceptors (Lipinski definition) is 5. The SMILES string of the molecule is CC12CCC(C(=O)N3CCC(C4CCN(C(=S)NCc5ccco5)CC4)CC3)(OC1=O)C2(C)C. The van der Waals surface area contributed by atoms with Crippen LogP contribution in [0, 0.1) is 22.7 Å². The molecule has 1 aliphatic carbocycles. The van der Waals surface area contributed by atoms with Gasteiger partial charge in [-0.1, -0.05) is 13.8 Å². The van der Waals surface area contributed by atoms with Gasteiger partial charge in [-0.2, -0.15) is 0 Å². The number of fused-ring (bicyclic) bond motifs is 2. The summed E-state index contributed by atoms with van der Waals surface area (Å²) < 4.78 is 11.2. The summed E-state index contributed by atoms with van der Waals surface area (Å²) in [5.41, 5.74) is -2.00. The molecule has 2 bridgehead atoms. The Kier molecular flexibility index (Phi) is 5.94. The fourth-order valence-electron chi connectivity index (χ4n) is 6.81. The van der Waals surface area contributed by atoms with Crippen molar-refractivity contribution in [2.45, 2.75) is 71.4 Å². The van der Waals surface area contributed by atoms with Gasteiger partial charge in [-0.05, 0) is 81.6 Å². The molecule has 4 fully saturated rings. The third kappa shape index (κ3) is 3.55. The molecule has 0 spiro atoms. The van der Waals surface area contributed by atoms with Crippen molar-refractivity contribution in [3.8, 4) is 0 Å². The predicted octanol–water partition coefficient (Wildman–Crippen LogP) is 3.73. The number of amides is 1. The smallest absolute Gasteiger partial charge is 0.313 e. The van der Waals surface area contributed by atoms with Crippen molar-refractivity contribution in [2.24, 2.45) is 22.7 Å². The first-order chi connectivity index (χ1) is 16.2. The van der Waals surface area contributed by atoms with Gasteiger partial charge < -0.3 is 24.3 Å². The maximum absolute atomic E-state index is 13.6. The number of esters is 1. The van der Waals surface area contributed by atoms with Crippen LogP contribution in [0.3, 0.4) is 0 Å². The van der Waals surface area contributed by atoms with Gasteiger partial charge in [-0.3, -0.25) is 9.59 Å². The summed E-state index contributed by atoms with van der Waals surface area (Å²) in [5, 5.41) is 4.10. The second-order valence-corrected chi connectivity index (χ2v) is 11.8. The molecule has 1 aromatic heterocycles. The summed E-state index contributed by atoms with van der Waals surface area (Å²) in [4.78, 5) is 30.5. The zero-order valence-electron chi connectivity index (χ0n) is 20.6. The molecule has 4 heterocycles. The Labute approximate surface area is 207 Å². The average molecular weight is 488 g/mol. The molecule has 3 aliphatic heterocycles. The fourth-order valence-corrected chi connectivity index (χ4v) is 7.07. The van der Waals surface area contributed by atoms with Crippen molar-refractivity contribution in [3.05, 3.63) is 24.2 Å². The Hall–Kier alpha value is -2.09. The molecule has 1 N–H and O–H groups in total. The highest BCUT2D eigenvalue weighted by molar-refractivity contribution is 7.80. The first-order valence-corrected chi connectivity index (χ1v) is 13.2. The van der Waals surface area contributed by atoms with E-state index in [0.717, 1.165) is 69.2 Å². The van der Waals surface area contributed by atoms with E-state index in [4.69, 9.17) is 21.4 Å². The number of hydrogen-bond donors (Lipinski definition) is 1. The fraction of sp³-hybridized carbons (Fsp3) is 0.731. The lowest BCUT2D eigenvalue weighted by atomic mass is 9.66. The van der Waals surface area contributed by atoms with E-state index in [-0.39, 0.29) is 11.9 Å². The molecule has 7 nitrogen and oxygen atoms in total. The molecule has 2 atom stereocenters. The van der Waals surface area contributed by atoms with Crippen LogP contribution in [-0.4, -0.2) is 58.6 Å². The topological polar surface area (TPSA) is 75.0 Å². The van der Waals surface area contributed by atoms with Crippen LogP contribution in [0.25, 0.3) is 0 Å². The molecule has 1 aromatic rings. The lowest BCUT2D eigenvalue weighted by Gasteiger charge is -2.44. The van der Waals surface area contributed by atoms with Crippen molar-refractivity contribution in [1.82, 2.24) is 15.1 Å². The van der Waals surface area contributed by atoms with E-state index in [1.165, 1.54) is 0 Å². The summed E-state index contributed by atoms with van der Waals surface area (Å²) in [6, 6.07) is 3.83. The van der Waals surface area contributed by atoms with Crippen molar-refractivity contribution in [1.29, 1.82) is 0 Å². The first-order valence-electron chi connectivity index (χ1n) is 12.8. The third-order valence-electron chi connectivity index (χ3n) is 9.74. The van der Waals surface area contributed by atoms with Crippen molar-refractivity contribution >= 4 is 29.2 Å². The minimum absolute atomic E-state index is 0.0355. The van der Waals surface area contributed by atoms with Crippen LogP contribution in [0.2, 0.25) is 0 Å². The number of furan rings is 1. The Balaban J connectivity index is 1.11. The Morgan fingerprint density at radius 3 is 2.18 bits per heavy atom.